The van der Waals surface area contributed by atoms with E-state index in [9.17, 15) is 4.79 Å². The van der Waals surface area contributed by atoms with Crippen LogP contribution in [0.1, 0.15) is 30.2 Å². The van der Waals surface area contributed by atoms with Gasteiger partial charge in [0, 0.05) is 43.9 Å². The third kappa shape index (κ3) is 4.16. The smallest absolute Gasteiger partial charge is 0.181 e. The Hall–Kier alpha value is -3.11. The van der Waals surface area contributed by atoms with Crippen molar-refractivity contribution >= 4 is 44.7 Å². The number of piperazine rings is 1. The van der Waals surface area contributed by atoms with Crippen molar-refractivity contribution in [3.05, 3.63) is 41.0 Å². The maximum atomic E-state index is 11.1. The molecule has 1 aliphatic rings. The van der Waals surface area contributed by atoms with Gasteiger partial charge in [-0.2, -0.15) is 0 Å². The van der Waals surface area contributed by atoms with Crippen LogP contribution in [0.4, 0.5) is 5.82 Å². The van der Waals surface area contributed by atoms with Gasteiger partial charge in [-0.25, -0.2) is 9.97 Å². The minimum absolute atomic E-state index is 0.262. The number of anilines is 1. The van der Waals surface area contributed by atoms with E-state index in [-0.39, 0.29) is 6.23 Å². The third-order valence-corrected chi connectivity index (χ3v) is 7.57. The van der Waals surface area contributed by atoms with Crippen LogP contribution in [-0.2, 0) is 11.2 Å². The lowest BCUT2D eigenvalue weighted by atomic mass is 10.1. The van der Waals surface area contributed by atoms with Crippen molar-refractivity contribution in [2.24, 2.45) is 0 Å². The van der Waals surface area contributed by atoms with E-state index in [0.29, 0.717) is 12.8 Å². The quantitative estimate of drug-likeness (QED) is 0.367. The van der Waals surface area contributed by atoms with Gasteiger partial charge in [0.1, 0.15) is 34.3 Å². The summed E-state index contributed by atoms with van der Waals surface area (Å²) in [5.41, 5.74) is 2.89. The van der Waals surface area contributed by atoms with E-state index < -0.39 is 0 Å². The number of carbonyl (C=O) groups is 1. The van der Waals surface area contributed by atoms with E-state index in [0.717, 1.165) is 60.6 Å². The lowest BCUT2D eigenvalue weighted by Gasteiger charge is -2.39. The number of thiophene rings is 1. The van der Waals surface area contributed by atoms with Gasteiger partial charge in [-0.3, -0.25) is 4.90 Å². The second-order valence-corrected chi connectivity index (χ2v) is 9.24. The molecule has 0 N–H and O–H groups in total. The number of fused-ring (bicyclic) bond motifs is 2. The van der Waals surface area contributed by atoms with E-state index in [2.05, 4.69) is 43.9 Å². The van der Waals surface area contributed by atoms with Crippen LogP contribution in [0, 0.1) is 6.92 Å². The summed E-state index contributed by atoms with van der Waals surface area (Å²) in [4.78, 5) is 35.0. The fourth-order valence-electron chi connectivity index (χ4n) is 4.45. The van der Waals surface area contributed by atoms with E-state index >= 15 is 0 Å². The molecule has 1 fully saturated rings. The van der Waals surface area contributed by atoms with Gasteiger partial charge in [0.05, 0.1) is 5.39 Å². The Kier molecular flexibility index (Phi) is 6.19. The standard InChI is InChI=1S/C23H27N7O2S/c1-3-19-16(2)21-22(24-15-25-23(21)33-19)29-12-10-28(11-13-29)20(9-6-14-31)32-30-18-8-5-4-7-17(18)26-27-30/h4-5,7-8,14-15,20H,3,6,9-13H2,1-2H3. The molecule has 172 valence electrons. The lowest BCUT2D eigenvalue weighted by molar-refractivity contribution is -0.111. The predicted molar refractivity (Wildman–Crippen MR) is 129 cm³/mol. The van der Waals surface area contributed by atoms with Crippen LogP contribution in [-0.4, -0.2) is 68.7 Å². The highest BCUT2D eigenvalue weighted by atomic mass is 32.1. The predicted octanol–water partition coefficient (Wildman–Crippen LogP) is 2.86. The Labute approximate surface area is 195 Å². The lowest BCUT2D eigenvalue weighted by Crippen LogP contribution is -2.53. The molecule has 1 aliphatic heterocycles. The molecule has 4 aromatic rings. The van der Waals surface area contributed by atoms with E-state index in [1.165, 1.54) is 20.7 Å². The number of aryl methyl sites for hydroxylation is 2. The van der Waals surface area contributed by atoms with Gasteiger partial charge in [-0.15, -0.1) is 16.4 Å². The SMILES string of the molecule is CCc1sc2ncnc(N3CCN(C(CCC=O)On4nnc5ccccc54)CC3)c2c1C. The van der Waals surface area contributed by atoms with Crippen molar-refractivity contribution in [3.8, 4) is 0 Å². The average Bonchev–Trinajstić information content (AvgIpc) is 3.42. The van der Waals surface area contributed by atoms with Crippen molar-refractivity contribution in [3.63, 3.8) is 0 Å². The molecule has 33 heavy (non-hydrogen) atoms. The molecular formula is C23H27N7O2S. The van der Waals surface area contributed by atoms with Crippen LogP contribution in [0.15, 0.2) is 30.6 Å². The molecule has 1 saturated heterocycles. The molecule has 0 aliphatic carbocycles. The second-order valence-electron chi connectivity index (χ2n) is 8.16. The summed E-state index contributed by atoms with van der Waals surface area (Å²) in [5.74, 6) is 1.01. The van der Waals surface area contributed by atoms with Gasteiger partial charge >= 0.3 is 0 Å². The van der Waals surface area contributed by atoms with Gasteiger partial charge in [-0.1, -0.05) is 23.9 Å². The van der Waals surface area contributed by atoms with Crippen molar-refractivity contribution in [2.75, 3.05) is 31.1 Å². The molecule has 1 atom stereocenters. The number of rotatable bonds is 8. The van der Waals surface area contributed by atoms with Gasteiger partial charge < -0.3 is 14.5 Å². The largest absolute Gasteiger partial charge is 0.375 e. The second kappa shape index (κ2) is 9.40. The minimum atomic E-state index is -0.262. The zero-order valence-electron chi connectivity index (χ0n) is 18.8. The summed E-state index contributed by atoms with van der Waals surface area (Å²) in [6.45, 7) is 7.59. The fourth-order valence-corrected chi connectivity index (χ4v) is 5.53. The Morgan fingerprint density at radius 1 is 1.18 bits per heavy atom. The minimum Gasteiger partial charge on any atom is -0.375 e. The topological polar surface area (TPSA) is 89.3 Å². The highest BCUT2D eigenvalue weighted by Crippen LogP contribution is 2.35. The van der Waals surface area contributed by atoms with Crippen molar-refractivity contribution in [1.29, 1.82) is 0 Å². The molecule has 1 aromatic carbocycles. The van der Waals surface area contributed by atoms with E-state index in [4.69, 9.17) is 4.84 Å². The first-order chi connectivity index (χ1) is 16.2. The first-order valence-electron chi connectivity index (χ1n) is 11.3. The summed E-state index contributed by atoms with van der Waals surface area (Å²) < 4.78 is 0. The van der Waals surface area contributed by atoms with Crippen LogP contribution >= 0.6 is 11.3 Å². The zero-order valence-corrected chi connectivity index (χ0v) is 19.7. The number of carbonyl (C=O) groups excluding carboxylic acids is 1. The van der Waals surface area contributed by atoms with Crippen molar-refractivity contribution in [1.82, 2.24) is 30.0 Å². The molecule has 0 saturated carbocycles. The van der Waals surface area contributed by atoms with Crippen LogP contribution < -0.4 is 9.74 Å². The van der Waals surface area contributed by atoms with Gasteiger partial charge in [0.15, 0.2) is 6.23 Å². The molecule has 0 spiro atoms. The number of aromatic nitrogens is 5. The molecule has 10 heteroatoms. The van der Waals surface area contributed by atoms with Gasteiger partial charge in [0.25, 0.3) is 0 Å². The van der Waals surface area contributed by atoms with Crippen molar-refractivity contribution in [2.45, 2.75) is 39.3 Å². The van der Waals surface area contributed by atoms with E-state index in [1.54, 1.807) is 17.7 Å². The number of para-hydroxylation sites is 1. The molecule has 9 nitrogen and oxygen atoms in total. The number of hydrogen-bond acceptors (Lipinski definition) is 9. The first kappa shape index (κ1) is 21.7. The molecule has 3 aromatic heterocycles. The first-order valence-corrected chi connectivity index (χ1v) is 12.1. The fraction of sp³-hybridized carbons (Fsp3) is 0.435. The molecule has 0 radical (unpaired) electrons. The molecular weight excluding hydrogens is 438 g/mol. The van der Waals surface area contributed by atoms with Crippen LogP contribution in [0.2, 0.25) is 0 Å². The van der Waals surface area contributed by atoms with Crippen LogP contribution in [0.3, 0.4) is 0 Å². The number of hydrogen-bond donors (Lipinski definition) is 0. The summed E-state index contributed by atoms with van der Waals surface area (Å²) in [6.07, 6.45) is 4.38. The maximum Gasteiger partial charge on any atom is 0.181 e. The summed E-state index contributed by atoms with van der Waals surface area (Å²) in [5, 5.41) is 9.51. The monoisotopic (exact) mass is 465 g/mol. The van der Waals surface area contributed by atoms with Gasteiger partial charge in [-0.05, 0) is 36.3 Å². The molecule has 4 heterocycles. The highest BCUT2D eigenvalue weighted by Gasteiger charge is 2.28. The number of benzene rings is 1. The third-order valence-electron chi connectivity index (χ3n) is 6.22. The van der Waals surface area contributed by atoms with Crippen LogP contribution in [0.5, 0.6) is 0 Å². The molecule has 1 unspecified atom stereocenters. The summed E-state index contributed by atoms with van der Waals surface area (Å²) in [7, 11) is 0. The molecule has 0 amide bonds. The highest BCUT2D eigenvalue weighted by molar-refractivity contribution is 7.18. The number of nitrogens with zero attached hydrogens (tertiary/aromatic N) is 7. The Bertz CT molecular complexity index is 1260. The number of aldehydes is 1. The molecule has 5 rings (SSSR count). The van der Waals surface area contributed by atoms with Crippen molar-refractivity contribution < 1.29 is 9.63 Å². The Morgan fingerprint density at radius 3 is 2.79 bits per heavy atom. The van der Waals surface area contributed by atoms with E-state index in [1.807, 2.05) is 24.3 Å². The average molecular weight is 466 g/mol. The Balaban J connectivity index is 1.33. The normalized spacial score (nSPS) is 15.9. The zero-order chi connectivity index (χ0) is 22.8. The van der Waals surface area contributed by atoms with Crippen LogP contribution in [0.25, 0.3) is 21.3 Å². The van der Waals surface area contributed by atoms with Gasteiger partial charge in [0.2, 0.25) is 0 Å². The summed E-state index contributed by atoms with van der Waals surface area (Å²) in [6, 6.07) is 7.69. The summed E-state index contributed by atoms with van der Waals surface area (Å²) >= 11 is 1.76. The maximum absolute atomic E-state index is 11.1. The Morgan fingerprint density at radius 2 is 2.00 bits per heavy atom. The molecule has 0 bridgehead atoms.